The van der Waals surface area contributed by atoms with Crippen LogP contribution in [0.5, 0.6) is 0 Å². The molecule has 0 aliphatic rings. The van der Waals surface area contributed by atoms with Crippen LogP contribution in [0.25, 0.3) is 0 Å². The van der Waals surface area contributed by atoms with Crippen LogP contribution in [0.4, 0.5) is 0 Å². The number of hydrogen-bond donors (Lipinski definition) is 3. The van der Waals surface area contributed by atoms with Gasteiger partial charge in [0.05, 0.1) is 25.4 Å². The molecule has 3 N–H and O–H groups in total. The molecule has 6 nitrogen and oxygen atoms in total. The first-order chi connectivity index (χ1) is 25.5. The van der Waals surface area contributed by atoms with Crippen LogP contribution in [0, 0.1) is 0 Å². The van der Waals surface area contributed by atoms with Crippen molar-refractivity contribution >= 4 is 11.9 Å². The van der Waals surface area contributed by atoms with Crippen molar-refractivity contribution in [3.05, 3.63) is 12.2 Å². The van der Waals surface area contributed by atoms with Gasteiger partial charge in [-0.15, -0.1) is 0 Å². The van der Waals surface area contributed by atoms with Crippen molar-refractivity contribution in [2.75, 3.05) is 13.2 Å². The highest BCUT2D eigenvalue weighted by Gasteiger charge is 2.20. The molecule has 0 aromatic rings. The summed E-state index contributed by atoms with van der Waals surface area (Å²) in [5.41, 5.74) is 0. The fraction of sp³-hybridized carbons (Fsp3) is 0.913. The molecule has 0 bridgehead atoms. The largest absolute Gasteiger partial charge is 0.466 e. The molecule has 308 valence electrons. The van der Waals surface area contributed by atoms with Gasteiger partial charge in [-0.2, -0.15) is 0 Å². The minimum atomic E-state index is -0.679. The first-order valence-electron chi connectivity index (χ1n) is 22.9. The summed E-state index contributed by atoms with van der Waals surface area (Å²) in [7, 11) is 0. The Morgan fingerprint density at radius 1 is 0.519 bits per heavy atom. The first-order valence-corrected chi connectivity index (χ1v) is 22.9. The molecule has 0 saturated carbocycles. The van der Waals surface area contributed by atoms with Gasteiger partial charge in [0.1, 0.15) is 0 Å². The van der Waals surface area contributed by atoms with Crippen LogP contribution in [-0.2, 0) is 14.3 Å². The lowest BCUT2D eigenvalue weighted by Gasteiger charge is -2.22. The summed E-state index contributed by atoms with van der Waals surface area (Å²) in [6, 6.07) is -0.559. The lowest BCUT2D eigenvalue weighted by Crippen LogP contribution is -2.45. The van der Waals surface area contributed by atoms with E-state index in [9.17, 15) is 19.8 Å². The third kappa shape index (κ3) is 38.3. The van der Waals surface area contributed by atoms with Crippen molar-refractivity contribution < 1.29 is 24.5 Å². The van der Waals surface area contributed by atoms with Gasteiger partial charge in [-0.25, -0.2) is 0 Å². The van der Waals surface area contributed by atoms with Crippen molar-refractivity contribution in [1.82, 2.24) is 5.32 Å². The first kappa shape index (κ1) is 50.6. The van der Waals surface area contributed by atoms with Gasteiger partial charge in [-0.1, -0.05) is 193 Å². The van der Waals surface area contributed by atoms with Crippen LogP contribution in [0.1, 0.15) is 245 Å². The molecule has 0 saturated heterocycles. The Hall–Kier alpha value is -1.40. The monoisotopic (exact) mass is 736 g/mol. The van der Waals surface area contributed by atoms with Crippen LogP contribution >= 0.6 is 0 Å². The zero-order valence-corrected chi connectivity index (χ0v) is 34.8. The van der Waals surface area contributed by atoms with Gasteiger partial charge in [0, 0.05) is 12.8 Å². The highest BCUT2D eigenvalue weighted by molar-refractivity contribution is 5.76. The second-order valence-corrected chi connectivity index (χ2v) is 15.7. The highest BCUT2D eigenvalue weighted by Crippen LogP contribution is 2.15. The Morgan fingerprint density at radius 3 is 1.37 bits per heavy atom. The zero-order valence-electron chi connectivity index (χ0n) is 34.8. The van der Waals surface area contributed by atoms with Gasteiger partial charge in [0.2, 0.25) is 5.91 Å². The summed E-state index contributed by atoms with van der Waals surface area (Å²) in [5.74, 6) is -0.0978. The van der Waals surface area contributed by atoms with Crippen LogP contribution in [0.3, 0.4) is 0 Å². The van der Waals surface area contributed by atoms with Gasteiger partial charge in [-0.3, -0.25) is 9.59 Å². The Morgan fingerprint density at radius 2 is 0.904 bits per heavy atom. The number of allylic oxidation sites excluding steroid dienone is 2. The normalized spacial score (nSPS) is 12.8. The maximum absolute atomic E-state index is 12.4. The van der Waals surface area contributed by atoms with E-state index < -0.39 is 12.1 Å². The van der Waals surface area contributed by atoms with E-state index in [0.29, 0.717) is 25.9 Å². The molecule has 1 amide bonds. The average Bonchev–Trinajstić information content (AvgIpc) is 3.14. The highest BCUT2D eigenvalue weighted by atomic mass is 16.5. The van der Waals surface area contributed by atoms with E-state index in [4.69, 9.17) is 4.74 Å². The number of carbonyl (C=O) groups is 2. The predicted octanol–water partition coefficient (Wildman–Crippen LogP) is 13.0. The number of amides is 1. The quantitative estimate of drug-likeness (QED) is 0.0329. The number of unbranched alkanes of at least 4 members (excludes halogenated alkanes) is 29. The fourth-order valence-corrected chi connectivity index (χ4v) is 6.98. The van der Waals surface area contributed by atoms with E-state index in [2.05, 4.69) is 31.3 Å². The third-order valence-electron chi connectivity index (χ3n) is 10.6. The molecule has 0 aliphatic carbocycles. The summed E-state index contributed by atoms with van der Waals surface area (Å²) >= 11 is 0. The minimum Gasteiger partial charge on any atom is -0.466 e. The van der Waals surface area contributed by atoms with E-state index >= 15 is 0 Å². The van der Waals surface area contributed by atoms with E-state index in [0.717, 1.165) is 57.8 Å². The van der Waals surface area contributed by atoms with Gasteiger partial charge in [0.15, 0.2) is 0 Å². The van der Waals surface area contributed by atoms with Crippen molar-refractivity contribution in [2.24, 2.45) is 0 Å². The maximum Gasteiger partial charge on any atom is 0.305 e. The maximum atomic E-state index is 12.4. The Kier molecular flexibility index (Phi) is 41.2. The average molecular weight is 736 g/mol. The number of esters is 1. The Balaban J connectivity index is 3.49. The number of hydrogen-bond acceptors (Lipinski definition) is 5. The SMILES string of the molecule is CCCCCCCC/C=C\CCCCCCCC(=O)OCCCCCCCCCCCC(=O)NC(CO)C(O)CCCCCCCCCCCCC. The number of carbonyl (C=O) groups excluding carboxylic acids is 2. The lowest BCUT2D eigenvalue weighted by atomic mass is 10.0. The molecule has 2 atom stereocenters. The zero-order chi connectivity index (χ0) is 38.0. The summed E-state index contributed by atoms with van der Waals surface area (Å²) in [5, 5.41) is 23.1. The lowest BCUT2D eigenvalue weighted by molar-refractivity contribution is -0.143. The van der Waals surface area contributed by atoms with Crippen molar-refractivity contribution in [1.29, 1.82) is 0 Å². The van der Waals surface area contributed by atoms with Crippen molar-refractivity contribution in [3.8, 4) is 0 Å². The minimum absolute atomic E-state index is 0.0334. The molecule has 6 heteroatoms. The summed E-state index contributed by atoms with van der Waals surface area (Å²) < 4.78 is 5.44. The van der Waals surface area contributed by atoms with Crippen molar-refractivity contribution in [2.45, 2.75) is 257 Å². The fourth-order valence-electron chi connectivity index (χ4n) is 6.98. The topological polar surface area (TPSA) is 95.9 Å². The molecule has 52 heavy (non-hydrogen) atoms. The van der Waals surface area contributed by atoms with Crippen LogP contribution in [-0.4, -0.2) is 47.4 Å². The van der Waals surface area contributed by atoms with Gasteiger partial charge in [0.25, 0.3) is 0 Å². The van der Waals surface area contributed by atoms with Crippen LogP contribution in [0.2, 0.25) is 0 Å². The molecule has 0 aliphatic heterocycles. The second-order valence-electron chi connectivity index (χ2n) is 15.7. The number of nitrogens with one attached hydrogen (secondary N) is 1. The molecule has 0 heterocycles. The van der Waals surface area contributed by atoms with E-state index in [1.807, 2.05) is 0 Å². The summed E-state index contributed by atoms with van der Waals surface area (Å²) in [4.78, 5) is 24.4. The number of aliphatic hydroxyl groups is 2. The van der Waals surface area contributed by atoms with Crippen LogP contribution in [0.15, 0.2) is 12.2 Å². The molecule has 0 aromatic carbocycles. The molecule has 0 aromatic heterocycles. The molecular weight excluding hydrogens is 647 g/mol. The van der Waals surface area contributed by atoms with Crippen LogP contribution < -0.4 is 5.32 Å². The molecular formula is C46H89NO5. The number of rotatable bonds is 42. The Bertz CT molecular complexity index is 772. The second kappa shape index (κ2) is 42.3. The van der Waals surface area contributed by atoms with E-state index in [1.165, 1.54) is 154 Å². The molecule has 0 spiro atoms. The number of aliphatic hydroxyl groups excluding tert-OH is 2. The van der Waals surface area contributed by atoms with Gasteiger partial charge in [-0.05, 0) is 51.4 Å². The van der Waals surface area contributed by atoms with Gasteiger partial charge < -0.3 is 20.3 Å². The van der Waals surface area contributed by atoms with Gasteiger partial charge >= 0.3 is 5.97 Å². The van der Waals surface area contributed by atoms with Crippen molar-refractivity contribution in [3.63, 3.8) is 0 Å². The molecule has 0 rings (SSSR count). The smallest absolute Gasteiger partial charge is 0.305 e. The molecule has 2 unspecified atom stereocenters. The predicted molar refractivity (Wildman–Crippen MR) is 223 cm³/mol. The molecule has 0 radical (unpaired) electrons. The summed E-state index contributed by atoms with van der Waals surface area (Å²) in [6.45, 7) is 4.86. The third-order valence-corrected chi connectivity index (χ3v) is 10.6. The standard InChI is InChI=1S/C46H89NO5/c1-3-5-7-9-11-13-15-16-17-18-20-24-28-32-36-40-46(51)52-41-37-33-29-25-21-23-27-31-35-39-45(50)47-43(42-48)44(49)38-34-30-26-22-19-14-12-10-8-6-4-2/h16-17,43-44,48-49H,3-15,18-42H2,1-2H3,(H,47,50)/b17-16-. The Labute approximate surface area is 323 Å². The van der Waals surface area contributed by atoms with E-state index in [-0.39, 0.29) is 18.5 Å². The van der Waals surface area contributed by atoms with E-state index in [1.54, 1.807) is 0 Å². The summed E-state index contributed by atoms with van der Waals surface area (Å²) in [6.07, 6.45) is 45.9. The molecule has 0 fully saturated rings. The number of ether oxygens (including phenoxy) is 1.